The predicted octanol–water partition coefficient (Wildman–Crippen LogP) is 4.49. The maximum atomic E-state index is 11.3. The van der Waals surface area contributed by atoms with Gasteiger partial charge in [-0.1, -0.05) is 13.5 Å². The Morgan fingerprint density at radius 3 is 2.37 bits per heavy atom. The van der Waals surface area contributed by atoms with E-state index in [0.29, 0.717) is 23.0 Å². The van der Waals surface area contributed by atoms with Crippen LogP contribution in [0.15, 0.2) is 12.3 Å². The van der Waals surface area contributed by atoms with Crippen LogP contribution >= 0.6 is 0 Å². The molecule has 2 nitrogen and oxygen atoms in total. The first-order valence-corrected chi connectivity index (χ1v) is 7.60. The summed E-state index contributed by atoms with van der Waals surface area (Å²) in [6.07, 6.45) is 6.34. The Morgan fingerprint density at radius 1 is 1.26 bits per heavy atom. The average Bonchev–Trinajstić information content (AvgIpc) is 2.36. The van der Waals surface area contributed by atoms with Crippen molar-refractivity contribution in [3.05, 3.63) is 12.3 Å². The SMILES string of the molecule is C=C(OC(C)(C)C)C1CCC2(CCC1C)CC(=O)C2. The van der Waals surface area contributed by atoms with Crippen LogP contribution in [-0.4, -0.2) is 11.4 Å². The van der Waals surface area contributed by atoms with E-state index in [1.54, 1.807) is 0 Å². The van der Waals surface area contributed by atoms with Crippen molar-refractivity contribution in [2.45, 2.75) is 71.8 Å². The molecule has 0 amide bonds. The van der Waals surface area contributed by atoms with Crippen LogP contribution in [0, 0.1) is 17.3 Å². The van der Waals surface area contributed by atoms with Crippen LogP contribution < -0.4 is 0 Å². The largest absolute Gasteiger partial charge is 0.493 e. The van der Waals surface area contributed by atoms with Gasteiger partial charge in [0.15, 0.2) is 0 Å². The quantitative estimate of drug-likeness (QED) is 0.687. The summed E-state index contributed by atoms with van der Waals surface area (Å²) in [6, 6.07) is 0. The molecule has 2 unspecified atom stereocenters. The fourth-order valence-electron chi connectivity index (χ4n) is 3.69. The van der Waals surface area contributed by atoms with E-state index in [1.807, 2.05) is 0 Å². The third-order valence-corrected chi connectivity index (χ3v) is 4.80. The van der Waals surface area contributed by atoms with Gasteiger partial charge in [-0.05, 0) is 57.8 Å². The van der Waals surface area contributed by atoms with Gasteiger partial charge < -0.3 is 4.74 Å². The number of hydrogen-bond donors (Lipinski definition) is 0. The highest BCUT2D eigenvalue weighted by atomic mass is 16.5. The minimum Gasteiger partial charge on any atom is -0.493 e. The standard InChI is InChI=1S/C17H28O2/c1-12-6-8-17(10-14(18)11-17)9-7-15(12)13(2)19-16(3,4)5/h12,15H,2,6-11H2,1,3-5H3. The van der Waals surface area contributed by atoms with E-state index >= 15 is 0 Å². The smallest absolute Gasteiger partial charge is 0.134 e. The second-order valence-electron chi connectivity index (χ2n) is 7.73. The molecule has 2 saturated carbocycles. The molecular formula is C17H28O2. The van der Waals surface area contributed by atoms with Gasteiger partial charge >= 0.3 is 0 Å². The summed E-state index contributed by atoms with van der Waals surface area (Å²) in [4.78, 5) is 11.3. The van der Waals surface area contributed by atoms with Crippen LogP contribution in [0.3, 0.4) is 0 Å². The van der Waals surface area contributed by atoms with Crippen LogP contribution in [-0.2, 0) is 9.53 Å². The zero-order valence-electron chi connectivity index (χ0n) is 12.9. The number of carbonyl (C=O) groups excluding carboxylic acids is 1. The van der Waals surface area contributed by atoms with Gasteiger partial charge in [-0.2, -0.15) is 0 Å². The van der Waals surface area contributed by atoms with Crippen molar-refractivity contribution in [3.8, 4) is 0 Å². The van der Waals surface area contributed by atoms with Gasteiger partial charge in [0.2, 0.25) is 0 Å². The minimum absolute atomic E-state index is 0.159. The molecule has 0 aliphatic heterocycles. The third kappa shape index (κ3) is 3.40. The molecule has 2 fully saturated rings. The monoisotopic (exact) mass is 264 g/mol. The summed E-state index contributed by atoms with van der Waals surface area (Å²) in [5, 5.41) is 0. The molecule has 0 radical (unpaired) electrons. The van der Waals surface area contributed by atoms with Crippen LogP contribution in [0.1, 0.15) is 66.2 Å². The molecule has 0 N–H and O–H groups in total. The molecule has 2 heteroatoms. The second kappa shape index (κ2) is 4.96. The number of ether oxygens (including phenoxy) is 1. The van der Waals surface area contributed by atoms with Crippen LogP contribution in [0.2, 0.25) is 0 Å². The first kappa shape index (κ1) is 14.6. The number of rotatable bonds is 2. The van der Waals surface area contributed by atoms with E-state index in [1.165, 1.54) is 19.3 Å². The minimum atomic E-state index is -0.159. The topological polar surface area (TPSA) is 26.3 Å². The molecule has 0 aromatic heterocycles. The zero-order valence-corrected chi connectivity index (χ0v) is 12.9. The van der Waals surface area contributed by atoms with Crippen LogP contribution in [0.5, 0.6) is 0 Å². The van der Waals surface area contributed by atoms with Gasteiger partial charge in [-0.15, -0.1) is 0 Å². The molecule has 19 heavy (non-hydrogen) atoms. The fourth-order valence-corrected chi connectivity index (χ4v) is 3.69. The summed E-state index contributed by atoms with van der Waals surface area (Å²) in [7, 11) is 0. The average molecular weight is 264 g/mol. The maximum Gasteiger partial charge on any atom is 0.134 e. The van der Waals surface area contributed by atoms with Crippen molar-refractivity contribution in [1.29, 1.82) is 0 Å². The van der Waals surface area contributed by atoms with Gasteiger partial charge in [-0.25, -0.2) is 0 Å². The van der Waals surface area contributed by atoms with Gasteiger partial charge in [-0.3, -0.25) is 4.79 Å². The highest BCUT2D eigenvalue weighted by molar-refractivity contribution is 5.86. The predicted molar refractivity (Wildman–Crippen MR) is 77.8 cm³/mol. The van der Waals surface area contributed by atoms with E-state index < -0.39 is 0 Å². The molecule has 0 heterocycles. The van der Waals surface area contributed by atoms with Crippen molar-refractivity contribution < 1.29 is 9.53 Å². The molecule has 108 valence electrons. The highest BCUT2D eigenvalue weighted by Crippen LogP contribution is 2.51. The molecule has 2 rings (SSSR count). The number of Topliss-reactive ketones (excluding diaryl/α,β-unsaturated/α-hetero) is 1. The molecule has 0 bridgehead atoms. The summed E-state index contributed by atoms with van der Waals surface area (Å²) in [5.41, 5.74) is 0.176. The zero-order chi connectivity index (χ0) is 14.3. The Kier molecular flexibility index (Phi) is 3.81. The van der Waals surface area contributed by atoms with Gasteiger partial charge in [0, 0.05) is 18.8 Å². The lowest BCUT2D eigenvalue weighted by molar-refractivity contribution is -0.133. The normalized spacial score (nSPS) is 30.6. The summed E-state index contributed by atoms with van der Waals surface area (Å²) < 4.78 is 5.98. The number of carbonyl (C=O) groups is 1. The molecule has 2 atom stereocenters. The Labute approximate surface area is 117 Å². The third-order valence-electron chi connectivity index (χ3n) is 4.80. The highest BCUT2D eigenvalue weighted by Gasteiger charge is 2.45. The van der Waals surface area contributed by atoms with Crippen molar-refractivity contribution >= 4 is 5.78 Å². The van der Waals surface area contributed by atoms with Gasteiger partial charge in [0.25, 0.3) is 0 Å². The summed E-state index contributed by atoms with van der Waals surface area (Å²) in [5.74, 6) is 2.47. The Morgan fingerprint density at radius 2 is 1.84 bits per heavy atom. The van der Waals surface area contributed by atoms with E-state index in [0.717, 1.165) is 25.0 Å². The number of allylic oxidation sites excluding steroid dienone is 1. The molecule has 0 saturated heterocycles. The first-order valence-electron chi connectivity index (χ1n) is 7.60. The molecule has 0 aromatic rings. The van der Waals surface area contributed by atoms with Crippen LogP contribution in [0.25, 0.3) is 0 Å². The molecule has 0 aromatic carbocycles. The van der Waals surface area contributed by atoms with Gasteiger partial charge in [0.1, 0.15) is 11.4 Å². The molecular weight excluding hydrogens is 236 g/mol. The number of hydrogen-bond acceptors (Lipinski definition) is 2. The van der Waals surface area contributed by atoms with Crippen molar-refractivity contribution in [3.63, 3.8) is 0 Å². The van der Waals surface area contributed by atoms with Crippen molar-refractivity contribution in [2.75, 3.05) is 0 Å². The Hall–Kier alpha value is -0.790. The van der Waals surface area contributed by atoms with Crippen LogP contribution in [0.4, 0.5) is 0 Å². The van der Waals surface area contributed by atoms with Crippen molar-refractivity contribution in [2.24, 2.45) is 17.3 Å². The first-order chi connectivity index (χ1) is 8.71. The molecule has 1 spiro atoms. The summed E-state index contributed by atoms with van der Waals surface area (Å²) >= 11 is 0. The number of ketones is 1. The lowest BCUT2D eigenvalue weighted by Gasteiger charge is -2.40. The Balaban J connectivity index is 1.98. The van der Waals surface area contributed by atoms with Gasteiger partial charge in [0.05, 0.1) is 5.76 Å². The van der Waals surface area contributed by atoms with Crippen molar-refractivity contribution in [1.82, 2.24) is 0 Å². The van der Waals surface area contributed by atoms with E-state index in [2.05, 4.69) is 34.3 Å². The second-order valence-corrected chi connectivity index (χ2v) is 7.73. The van der Waals surface area contributed by atoms with E-state index in [4.69, 9.17) is 4.74 Å². The lowest BCUT2D eigenvalue weighted by Crippen LogP contribution is -2.37. The Bertz CT molecular complexity index is 367. The fraction of sp³-hybridized carbons (Fsp3) is 0.824. The molecule has 2 aliphatic carbocycles. The summed E-state index contributed by atoms with van der Waals surface area (Å²) in [6.45, 7) is 12.7. The maximum absolute atomic E-state index is 11.3. The lowest BCUT2D eigenvalue weighted by atomic mass is 9.63. The van der Waals surface area contributed by atoms with E-state index in [-0.39, 0.29) is 5.60 Å². The van der Waals surface area contributed by atoms with E-state index in [9.17, 15) is 4.79 Å². The molecule has 2 aliphatic rings.